The third kappa shape index (κ3) is 3.11. The zero-order valence-electron chi connectivity index (χ0n) is 10.5. The number of hydrogen-bond acceptors (Lipinski definition) is 3. The predicted octanol–water partition coefficient (Wildman–Crippen LogP) is 2.92. The van der Waals surface area contributed by atoms with E-state index in [4.69, 9.17) is 15.7 Å². The van der Waals surface area contributed by atoms with Crippen LogP contribution in [-0.2, 0) is 0 Å². The molecule has 2 N–H and O–H groups in total. The van der Waals surface area contributed by atoms with Crippen LogP contribution in [0.2, 0.25) is 0 Å². The maximum absolute atomic E-state index is 13.5. The van der Waals surface area contributed by atoms with Crippen molar-refractivity contribution in [2.24, 2.45) is 5.73 Å². The van der Waals surface area contributed by atoms with Gasteiger partial charge in [0, 0.05) is 12.6 Å². The second-order valence-electron chi connectivity index (χ2n) is 4.15. The minimum absolute atomic E-state index is 0.0626. The molecule has 5 heteroatoms. The van der Waals surface area contributed by atoms with Crippen LogP contribution in [0.3, 0.4) is 0 Å². The molecule has 0 saturated heterocycles. The van der Waals surface area contributed by atoms with Crippen molar-refractivity contribution in [3.63, 3.8) is 0 Å². The van der Waals surface area contributed by atoms with Crippen LogP contribution in [-0.4, -0.2) is 6.54 Å². The lowest BCUT2D eigenvalue weighted by Gasteiger charge is -2.18. The fraction of sp³-hybridized carbons (Fsp3) is 0.133. The molecule has 0 fully saturated rings. The molecular weight excluding hydrogens is 262 g/mol. The van der Waals surface area contributed by atoms with E-state index in [2.05, 4.69) is 0 Å². The standard InChI is InChI=1S/C15H12F2N2O/c16-12-3-1-2-10(6-12)15(9-19)20-13-5-4-11(8-18)14(17)7-13/h1-7,15H,9,19H2. The Kier molecular flexibility index (Phi) is 4.28. The number of halogens is 2. The monoisotopic (exact) mass is 274 g/mol. The van der Waals surface area contributed by atoms with Crippen LogP contribution >= 0.6 is 0 Å². The molecule has 0 spiro atoms. The lowest BCUT2D eigenvalue weighted by Crippen LogP contribution is -2.18. The lowest BCUT2D eigenvalue weighted by molar-refractivity contribution is 0.213. The number of ether oxygens (including phenoxy) is 1. The van der Waals surface area contributed by atoms with E-state index in [9.17, 15) is 8.78 Å². The van der Waals surface area contributed by atoms with E-state index in [0.29, 0.717) is 5.56 Å². The van der Waals surface area contributed by atoms with Crippen molar-refractivity contribution in [3.8, 4) is 11.8 Å². The Morgan fingerprint density at radius 3 is 2.60 bits per heavy atom. The summed E-state index contributed by atoms with van der Waals surface area (Å²) in [5.74, 6) is -0.822. The van der Waals surface area contributed by atoms with Crippen molar-refractivity contribution < 1.29 is 13.5 Å². The maximum Gasteiger partial charge on any atom is 0.144 e. The molecule has 0 amide bonds. The molecule has 0 radical (unpaired) electrons. The molecule has 0 aliphatic rings. The minimum atomic E-state index is -0.667. The molecule has 0 aliphatic carbocycles. The summed E-state index contributed by atoms with van der Waals surface area (Å²) in [4.78, 5) is 0. The zero-order valence-corrected chi connectivity index (χ0v) is 10.5. The summed E-state index contributed by atoms with van der Waals surface area (Å²) < 4.78 is 32.2. The number of nitrogens with two attached hydrogens (primary N) is 1. The van der Waals surface area contributed by atoms with Gasteiger partial charge in [0.15, 0.2) is 0 Å². The van der Waals surface area contributed by atoms with Gasteiger partial charge in [-0.25, -0.2) is 8.78 Å². The van der Waals surface area contributed by atoms with Crippen LogP contribution in [0.4, 0.5) is 8.78 Å². The van der Waals surface area contributed by atoms with Gasteiger partial charge >= 0.3 is 0 Å². The Labute approximate surface area is 115 Å². The summed E-state index contributed by atoms with van der Waals surface area (Å²) >= 11 is 0. The molecule has 20 heavy (non-hydrogen) atoms. The average Bonchev–Trinajstić information content (AvgIpc) is 2.45. The summed E-state index contributed by atoms with van der Waals surface area (Å²) in [6, 6.07) is 11.5. The molecule has 102 valence electrons. The molecule has 1 unspecified atom stereocenters. The van der Waals surface area contributed by atoms with Crippen molar-refractivity contribution in [2.45, 2.75) is 6.10 Å². The van der Waals surface area contributed by atoms with E-state index >= 15 is 0 Å². The van der Waals surface area contributed by atoms with E-state index in [1.54, 1.807) is 18.2 Å². The molecule has 2 rings (SSSR count). The molecule has 1 atom stereocenters. The van der Waals surface area contributed by atoms with Crippen LogP contribution in [0.5, 0.6) is 5.75 Å². The Hall–Kier alpha value is -2.45. The quantitative estimate of drug-likeness (QED) is 0.932. The third-order valence-corrected chi connectivity index (χ3v) is 2.77. The second-order valence-corrected chi connectivity index (χ2v) is 4.15. The number of nitrogens with zero attached hydrogens (tertiary/aromatic N) is 1. The van der Waals surface area contributed by atoms with Crippen molar-refractivity contribution in [1.29, 1.82) is 5.26 Å². The van der Waals surface area contributed by atoms with Crippen LogP contribution in [0.1, 0.15) is 17.2 Å². The summed E-state index contributed by atoms with van der Waals surface area (Å²) in [6.07, 6.45) is -0.585. The van der Waals surface area contributed by atoms with Gasteiger partial charge in [-0.3, -0.25) is 0 Å². The highest BCUT2D eigenvalue weighted by Crippen LogP contribution is 2.23. The van der Waals surface area contributed by atoms with Crippen molar-refractivity contribution >= 4 is 0 Å². The smallest absolute Gasteiger partial charge is 0.144 e. The van der Waals surface area contributed by atoms with Gasteiger partial charge in [0.2, 0.25) is 0 Å². The molecule has 0 aliphatic heterocycles. The van der Waals surface area contributed by atoms with Crippen molar-refractivity contribution in [3.05, 3.63) is 65.2 Å². The summed E-state index contributed by atoms with van der Waals surface area (Å²) in [7, 11) is 0. The van der Waals surface area contributed by atoms with Crippen molar-refractivity contribution in [1.82, 2.24) is 0 Å². The number of rotatable bonds is 4. The third-order valence-electron chi connectivity index (χ3n) is 2.77. The molecular formula is C15H12F2N2O. The zero-order chi connectivity index (χ0) is 14.5. The first-order valence-corrected chi connectivity index (χ1v) is 5.96. The Morgan fingerprint density at radius 2 is 2.00 bits per heavy atom. The Morgan fingerprint density at radius 1 is 1.20 bits per heavy atom. The number of hydrogen-bond donors (Lipinski definition) is 1. The normalized spacial score (nSPS) is 11.7. The summed E-state index contributed by atoms with van der Waals surface area (Å²) in [6.45, 7) is 0.116. The SMILES string of the molecule is N#Cc1ccc(OC(CN)c2cccc(F)c2)cc1F. The predicted molar refractivity (Wildman–Crippen MR) is 69.9 cm³/mol. The second kappa shape index (κ2) is 6.13. The Balaban J connectivity index is 2.23. The topological polar surface area (TPSA) is 59.0 Å². The van der Waals surface area contributed by atoms with Crippen LogP contribution in [0.25, 0.3) is 0 Å². The van der Waals surface area contributed by atoms with E-state index < -0.39 is 17.7 Å². The van der Waals surface area contributed by atoms with Gasteiger partial charge in [-0.15, -0.1) is 0 Å². The molecule has 2 aromatic rings. The first-order valence-electron chi connectivity index (χ1n) is 5.96. The van der Waals surface area contributed by atoms with Gasteiger partial charge in [0.05, 0.1) is 5.56 Å². The van der Waals surface area contributed by atoms with Crippen LogP contribution in [0.15, 0.2) is 42.5 Å². The van der Waals surface area contributed by atoms with Gasteiger partial charge in [0.25, 0.3) is 0 Å². The van der Waals surface area contributed by atoms with E-state index in [-0.39, 0.29) is 17.9 Å². The molecule has 2 aromatic carbocycles. The first-order chi connectivity index (χ1) is 9.63. The first kappa shape index (κ1) is 14.0. The Bertz CT molecular complexity index is 653. The highest BCUT2D eigenvalue weighted by atomic mass is 19.1. The average molecular weight is 274 g/mol. The molecule has 0 heterocycles. The summed E-state index contributed by atoms with van der Waals surface area (Å²) in [5.41, 5.74) is 6.11. The molecule has 0 bridgehead atoms. The van der Waals surface area contributed by atoms with Gasteiger partial charge in [-0.1, -0.05) is 12.1 Å². The number of nitriles is 1. The lowest BCUT2D eigenvalue weighted by atomic mass is 10.1. The minimum Gasteiger partial charge on any atom is -0.484 e. The molecule has 0 aromatic heterocycles. The maximum atomic E-state index is 13.5. The summed E-state index contributed by atoms with van der Waals surface area (Å²) in [5, 5.41) is 8.65. The highest BCUT2D eigenvalue weighted by molar-refractivity contribution is 5.36. The highest BCUT2D eigenvalue weighted by Gasteiger charge is 2.13. The van der Waals surface area contributed by atoms with Crippen molar-refractivity contribution in [2.75, 3.05) is 6.54 Å². The number of benzene rings is 2. The van der Waals surface area contributed by atoms with E-state index in [1.165, 1.54) is 24.3 Å². The van der Waals surface area contributed by atoms with Crippen LogP contribution in [0, 0.1) is 23.0 Å². The van der Waals surface area contributed by atoms with Gasteiger partial charge in [-0.05, 0) is 29.8 Å². The fourth-order valence-electron chi connectivity index (χ4n) is 1.78. The molecule has 3 nitrogen and oxygen atoms in total. The fourth-order valence-corrected chi connectivity index (χ4v) is 1.78. The molecule has 0 saturated carbocycles. The van der Waals surface area contributed by atoms with E-state index in [0.717, 1.165) is 6.07 Å². The van der Waals surface area contributed by atoms with Gasteiger partial charge in [0.1, 0.15) is 29.6 Å². The van der Waals surface area contributed by atoms with Crippen LogP contribution < -0.4 is 10.5 Å². The van der Waals surface area contributed by atoms with Gasteiger partial charge in [-0.2, -0.15) is 5.26 Å². The largest absolute Gasteiger partial charge is 0.484 e. The van der Waals surface area contributed by atoms with Gasteiger partial charge < -0.3 is 10.5 Å². The van der Waals surface area contributed by atoms with E-state index in [1.807, 2.05) is 0 Å².